The minimum Gasteiger partial charge on any atom is -0.389 e. The van der Waals surface area contributed by atoms with E-state index in [1.165, 1.54) is 26.3 Å². The van der Waals surface area contributed by atoms with Gasteiger partial charge in [-0.1, -0.05) is 24.4 Å². The maximum Gasteiger partial charge on any atom is 0.164 e. The topological polar surface area (TPSA) is 20.2 Å². The number of halogens is 2. The van der Waals surface area contributed by atoms with Gasteiger partial charge in [-0.3, -0.25) is 0 Å². The van der Waals surface area contributed by atoms with Gasteiger partial charge in [-0.25, -0.2) is 8.78 Å². The van der Waals surface area contributed by atoms with E-state index in [9.17, 15) is 8.78 Å². The Morgan fingerprint density at radius 3 is 2.38 bits per heavy atom. The minimum absolute atomic E-state index is 0.0110. The SMILES string of the molecule is C[B]c1ccc(C(C)O)c(F)c1F. The van der Waals surface area contributed by atoms with Crippen LogP contribution in [0.15, 0.2) is 12.1 Å². The molecule has 0 amide bonds. The van der Waals surface area contributed by atoms with Crippen molar-refractivity contribution in [3.05, 3.63) is 29.3 Å². The van der Waals surface area contributed by atoms with E-state index in [-0.39, 0.29) is 11.0 Å². The number of aliphatic hydroxyl groups is 1. The van der Waals surface area contributed by atoms with Gasteiger partial charge in [0.15, 0.2) is 18.9 Å². The number of rotatable bonds is 2. The highest BCUT2D eigenvalue weighted by Crippen LogP contribution is 2.17. The fourth-order valence-corrected chi connectivity index (χ4v) is 1.12. The lowest BCUT2D eigenvalue weighted by atomic mass is 9.72. The molecule has 4 heteroatoms. The third-order valence-electron chi connectivity index (χ3n) is 1.90. The Balaban J connectivity index is 3.23. The van der Waals surface area contributed by atoms with Gasteiger partial charge >= 0.3 is 0 Å². The van der Waals surface area contributed by atoms with Crippen molar-refractivity contribution in [3.63, 3.8) is 0 Å². The molecule has 1 radical (unpaired) electrons. The first kappa shape index (κ1) is 10.2. The highest BCUT2D eigenvalue weighted by molar-refractivity contribution is 6.52. The van der Waals surface area contributed by atoms with Gasteiger partial charge in [-0.15, -0.1) is 0 Å². The fraction of sp³-hybridized carbons (Fsp3) is 0.333. The lowest BCUT2D eigenvalue weighted by Crippen LogP contribution is -2.18. The Morgan fingerprint density at radius 2 is 1.92 bits per heavy atom. The second-order valence-electron chi connectivity index (χ2n) is 2.84. The van der Waals surface area contributed by atoms with Gasteiger partial charge < -0.3 is 5.11 Å². The van der Waals surface area contributed by atoms with E-state index in [4.69, 9.17) is 5.11 Å². The zero-order valence-corrected chi connectivity index (χ0v) is 7.51. The molecule has 1 aromatic carbocycles. The molecule has 1 unspecified atom stereocenters. The lowest BCUT2D eigenvalue weighted by molar-refractivity contribution is 0.193. The maximum absolute atomic E-state index is 13.1. The summed E-state index contributed by atoms with van der Waals surface area (Å²) >= 11 is 0. The molecule has 0 aromatic heterocycles. The summed E-state index contributed by atoms with van der Waals surface area (Å²) in [4.78, 5) is 0. The second kappa shape index (κ2) is 3.88. The summed E-state index contributed by atoms with van der Waals surface area (Å²) in [6.45, 7) is 3.02. The summed E-state index contributed by atoms with van der Waals surface area (Å²) in [7, 11) is 1.48. The van der Waals surface area contributed by atoms with Crippen LogP contribution in [0, 0.1) is 11.6 Å². The zero-order chi connectivity index (χ0) is 10.0. The highest BCUT2D eigenvalue weighted by Gasteiger charge is 2.14. The van der Waals surface area contributed by atoms with Crippen LogP contribution in [0.3, 0.4) is 0 Å². The average molecular weight is 183 g/mol. The Kier molecular flexibility index (Phi) is 3.04. The predicted molar refractivity (Wildman–Crippen MR) is 48.2 cm³/mol. The Morgan fingerprint density at radius 1 is 1.31 bits per heavy atom. The predicted octanol–water partition coefficient (Wildman–Crippen LogP) is 1.40. The molecule has 1 rings (SSSR count). The third-order valence-corrected chi connectivity index (χ3v) is 1.90. The minimum atomic E-state index is -0.986. The fourth-order valence-electron chi connectivity index (χ4n) is 1.12. The van der Waals surface area contributed by atoms with Crippen molar-refractivity contribution in [2.24, 2.45) is 0 Å². The van der Waals surface area contributed by atoms with E-state index in [0.717, 1.165) is 0 Å². The summed E-state index contributed by atoms with van der Waals surface area (Å²) < 4.78 is 26.3. The lowest BCUT2D eigenvalue weighted by Gasteiger charge is -2.08. The van der Waals surface area contributed by atoms with E-state index < -0.39 is 17.7 Å². The zero-order valence-electron chi connectivity index (χ0n) is 7.51. The molecule has 0 aliphatic rings. The summed E-state index contributed by atoms with van der Waals surface area (Å²) in [5.74, 6) is -1.87. The molecule has 0 aliphatic carbocycles. The van der Waals surface area contributed by atoms with Crippen LogP contribution in [0.2, 0.25) is 6.82 Å². The molecule has 0 heterocycles. The summed E-state index contributed by atoms with van der Waals surface area (Å²) in [6, 6.07) is 2.83. The van der Waals surface area contributed by atoms with Crippen LogP contribution < -0.4 is 5.46 Å². The van der Waals surface area contributed by atoms with E-state index >= 15 is 0 Å². The highest BCUT2D eigenvalue weighted by atomic mass is 19.2. The van der Waals surface area contributed by atoms with Crippen molar-refractivity contribution in [2.45, 2.75) is 19.9 Å². The van der Waals surface area contributed by atoms with E-state index in [1.54, 1.807) is 6.82 Å². The third kappa shape index (κ3) is 1.88. The quantitative estimate of drug-likeness (QED) is 0.687. The number of aliphatic hydroxyl groups excluding tert-OH is 1. The van der Waals surface area contributed by atoms with Gasteiger partial charge in [0.1, 0.15) is 0 Å². The largest absolute Gasteiger partial charge is 0.389 e. The maximum atomic E-state index is 13.1. The number of hydrogen-bond donors (Lipinski definition) is 1. The Bertz CT molecular complexity index is 313. The van der Waals surface area contributed by atoms with Crippen molar-refractivity contribution in [1.29, 1.82) is 0 Å². The molecule has 0 fully saturated rings. The van der Waals surface area contributed by atoms with Crippen molar-refractivity contribution in [2.75, 3.05) is 0 Å². The summed E-state index contributed by atoms with van der Waals surface area (Å²) in [6.07, 6.45) is -0.986. The molecule has 1 N–H and O–H groups in total. The monoisotopic (exact) mass is 183 g/mol. The first-order valence-corrected chi connectivity index (χ1v) is 4.03. The Labute approximate surface area is 76.6 Å². The van der Waals surface area contributed by atoms with Gasteiger partial charge in [-0.2, -0.15) is 0 Å². The average Bonchev–Trinajstić information content (AvgIpc) is 2.09. The molecule has 1 nitrogen and oxygen atoms in total. The van der Waals surface area contributed by atoms with Crippen LogP contribution in [-0.2, 0) is 0 Å². The van der Waals surface area contributed by atoms with Gasteiger partial charge in [0.25, 0.3) is 0 Å². The van der Waals surface area contributed by atoms with E-state index in [2.05, 4.69) is 0 Å². The van der Waals surface area contributed by atoms with Crippen LogP contribution in [0.4, 0.5) is 8.78 Å². The van der Waals surface area contributed by atoms with Gasteiger partial charge in [0.2, 0.25) is 0 Å². The van der Waals surface area contributed by atoms with Crippen LogP contribution in [-0.4, -0.2) is 12.4 Å². The van der Waals surface area contributed by atoms with Crippen LogP contribution in [0.5, 0.6) is 0 Å². The molecular weight excluding hydrogens is 173 g/mol. The van der Waals surface area contributed by atoms with E-state index in [1.807, 2.05) is 0 Å². The summed E-state index contributed by atoms with van der Waals surface area (Å²) in [5.41, 5.74) is 0.199. The smallest absolute Gasteiger partial charge is 0.164 e. The molecule has 1 atom stereocenters. The van der Waals surface area contributed by atoms with Gasteiger partial charge in [0, 0.05) is 5.56 Å². The first-order valence-electron chi connectivity index (χ1n) is 4.03. The molecule has 1 aromatic rings. The standard InChI is InChI=1S/C9H10BF2O/c1-5(13)6-3-4-7(10-2)9(12)8(6)11/h3-5,13H,1-2H3. The normalized spacial score (nSPS) is 12.7. The molecule has 69 valence electrons. The van der Waals surface area contributed by atoms with Crippen molar-refractivity contribution in [3.8, 4) is 0 Å². The van der Waals surface area contributed by atoms with Gasteiger partial charge in [-0.05, 0) is 6.92 Å². The molecule has 0 saturated carbocycles. The van der Waals surface area contributed by atoms with Crippen molar-refractivity contribution < 1.29 is 13.9 Å². The van der Waals surface area contributed by atoms with Crippen molar-refractivity contribution in [1.82, 2.24) is 0 Å². The van der Waals surface area contributed by atoms with Crippen LogP contribution in [0.1, 0.15) is 18.6 Å². The molecule has 13 heavy (non-hydrogen) atoms. The number of hydrogen-bond acceptors (Lipinski definition) is 1. The first-order chi connectivity index (χ1) is 6.07. The summed E-state index contributed by atoms with van der Waals surface area (Å²) in [5, 5.41) is 9.08. The Hall–Kier alpha value is -0.895. The van der Waals surface area contributed by atoms with E-state index in [0.29, 0.717) is 0 Å². The molecule has 0 spiro atoms. The molecule has 0 saturated heterocycles. The molecular formula is C9H10BF2O. The van der Waals surface area contributed by atoms with Crippen molar-refractivity contribution >= 4 is 12.7 Å². The molecule has 0 bridgehead atoms. The van der Waals surface area contributed by atoms with Gasteiger partial charge in [0.05, 0.1) is 6.10 Å². The molecule has 0 aliphatic heterocycles. The van der Waals surface area contributed by atoms with Crippen LogP contribution >= 0.6 is 0 Å². The second-order valence-corrected chi connectivity index (χ2v) is 2.84. The number of benzene rings is 1. The van der Waals surface area contributed by atoms with Crippen LogP contribution in [0.25, 0.3) is 0 Å².